The van der Waals surface area contributed by atoms with E-state index in [0.29, 0.717) is 6.42 Å². The number of aliphatic hydroxyl groups excluding tert-OH is 1. The van der Waals surface area contributed by atoms with Crippen molar-refractivity contribution in [2.75, 3.05) is 6.54 Å². The van der Waals surface area contributed by atoms with Crippen LogP contribution in [0.4, 0.5) is 13.2 Å². The average Bonchev–Trinajstić information content (AvgIpc) is 2.15. The van der Waals surface area contributed by atoms with Crippen molar-refractivity contribution >= 4 is 5.97 Å². The van der Waals surface area contributed by atoms with Crippen LogP contribution in [0.15, 0.2) is 0 Å². The quantitative estimate of drug-likeness (QED) is 0.627. The number of carboxylic acids is 1. The number of carbonyl (C=O) groups is 1. The highest BCUT2D eigenvalue weighted by Crippen LogP contribution is 2.19. The van der Waals surface area contributed by atoms with E-state index in [2.05, 4.69) is 5.32 Å². The number of aliphatic carboxylic acids is 1. The number of aliphatic hydroxyl groups is 1. The Labute approximate surface area is 91.5 Å². The first kappa shape index (κ1) is 15.2. The second-order valence-corrected chi connectivity index (χ2v) is 3.50. The lowest BCUT2D eigenvalue weighted by Gasteiger charge is -2.18. The molecule has 0 aliphatic carbocycles. The van der Waals surface area contributed by atoms with E-state index < -0.39 is 30.8 Å². The molecule has 0 saturated carbocycles. The van der Waals surface area contributed by atoms with Crippen molar-refractivity contribution in [3.05, 3.63) is 0 Å². The zero-order valence-electron chi connectivity index (χ0n) is 8.92. The number of hydrogen-bond donors (Lipinski definition) is 3. The van der Waals surface area contributed by atoms with Crippen LogP contribution in [0.2, 0.25) is 0 Å². The van der Waals surface area contributed by atoms with Crippen LogP contribution >= 0.6 is 0 Å². The van der Waals surface area contributed by atoms with E-state index in [-0.39, 0.29) is 6.42 Å². The molecular formula is C9H16F3NO3. The Balaban J connectivity index is 4.07. The van der Waals surface area contributed by atoms with Crippen LogP contribution in [0.3, 0.4) is 0 Å². The molecule has 0 aliphatic rings. The third-order valence-corrected chi connectivity index (χ3v) is 2.08. The van der Waals surface area contributed by atoms with E-state index in [1.54, 1.807) is 0 Å². The number of carboxylic acid groups (broad SMARTS) is 1. The Kier molecular flexibility index (Phi) is 6.35. The van der Waals surface area contributed by atoms with Crippen LogP contribution in [-0.4, -0.2) is 41.0 Å². The van der Waals surface area contributed by atoms with Crippen molar-refractivity contribution in [2.24, 2.45) is 0 Å². The van der Waals surface area contributed by atoms with Gasteiger partial charge in [-0.3, -0.25) is 4.79 Å². The van der Waals surface area contributed by atoms with Gasteiger partial charge in [-0.2, -0.15) is 13.2 Å². The predicted molar refractivity (Wildman–Crippen MR) is 51.0 cm³/mol. The predicted octanol–water partition coefficient (Wildman–Crippen LogP) is 1.14. The minimum Gasteiger partial charge on any atom is -0.480 e. The first-order valence-corrected chi connectivity index (χ1v) is 5.00. The van der Waals surface area contributed by atoms with Crippen molar-refractivity contribution in [1.82, 2.24) is 5.32 Å². The molecule has 0 spiro atoms. The van der Waals surface area contributed by atoms with Crippen molar-refractivity contribution in [3.63, 3.8) is 0 Å². The maximum Gasteiger partial charge on any atom is 0.415 e. The van der Waals surface area contributed by atoms with E-state index in [4.69, 9.17) is 10.2 Å². The van der Waals surface area contributed by atoms with Gasteiger partial charge in [-0.15, -0.1) is 0 Å². The summed E-state index contributed by atoms with van der Waals surface area (Å²) in [4.78, 5) is 10.6. The SMILES string of the molecule is CCCCC(NCC(O)C(F)(F)F)C(=O)O. The first-order chi connectivity index (χ1) is 7.29. The zero-order valence-corrected chi connectivity index (χ0v) is 8.92. The van der Waals surface area contributed by atoms with Gasteiger partial charge < -0.3 is 15.5 Å². The van der Waals surface area contributed by atoms with E-state index in [0.717, 1.165) is 6.42 Å². The molecule has 0 aromatic rings. The van der Waals surface area contributed by atoms with Crippen molar-refractivity contribution in [2.45, 2.75) is 44.5 Å². The minimum absolute atomic E-state index is 0.246. The van der Waals surface area contributed by atoms with Crippen LogP contribution in [0.1, 0.15) is 26.2 Å². The second kappa shape index (κ2) is 6.70. The smallest absolute Gasteiger partial charge is 0.415 e. The molecule has 0 amide bonds. The summed E-state index contributed by atoms with van der Waals surface area (Å²) in [5, 5.41) is 19.5. The molecule has 3 N–H and O–H groups in total. The number of halogens is 3. The normalized spacial score (nSPS) is 15.8. The molecule has 2 unspecified atom stereocenters. The monoisotopic (exact) mass is 243 g/mol. The van der Waals surface area contributed by atoms with Crippen LogP contribution in [-0.2, 0) is 4.79 Å². The fourth-order valence-corrected chi connectivity index (χ4v) is 1.09. The van der Waals surface area contributed by atoms with Gasteiger partial charge in [0.15, 0.2) is 6.10 Å². The van der Waals surface area contributed by atoms with E-state index in [9.17, 15) is 18.0 Å². The second-order valence-electron chi connectivity index (χ2n) is 3.50. The van der Waals surface area contributed by atoms with Gasteiger partial charge in [0, 0.05) is 6.54 Å². The van der Waals surface area contributed by atoms with Gasteiger partial charge in [-0.25, -0.2) is 0 Å². The van der Waals surface area contributed by atoms with Gasteiger partial charge in [-0.1, -0.05) is 19.8 Å². The Bertz CT molecular complexity index is 221. The van der Waals surface area contributed by atoms with Crippen molar-refractivity contribution in [1.29, 1.82) is 0 Å². The number of rotatable bonds is 7. The van der Waals surface area contributed by atoms with Crippen LogP contribution < -0.4 is 5.32 Å². The molecule has 0 aromatic heterocycles. The standard InChI is InChI=1S/C9H16F3NO3/c1-2-3-4-6(8(15)16)13-5-7(14)9(10,11)12/h6-7,13-14H,2-5H2,1H3,(H,15,16). The molecule has 7 heteroatoms. The zero-order chi connectivity index (χ0) is 12.8. The summed E-state index contributed by atoms with van der Waals surface area (Å²) in [5.74, 6) is -1.21. The van der Waals surface area contributed by atoms with Crippen molar-refractivity contribution < 1.29 is 28.2 Å². The molecule has 0 rings (SSSR count). The lowest BCUT2D eigenvalue weighted by Crippen LogP contribution is -2.45. The summed E-state index contributed by atoms with van der Waals surface area (Å²) < 4.78 is 35.7. The molecular weight excluding hydrogens is 227 g/mol. The summed E-state index contributed by atoms with van der Waals surface area (Å²) in [7, 11) is 0. The first-order valence-electron chi connectivity index (χ1n) is 5.00. The van der Waals surface area contributed by atoms with Gasteiger partial charge >= 0.3 is 12.1 Å². The highest BCUT2D eigenvalue weighted by atomic mass is 19.4. The molecule has 0 bridgehead atoms. The van der Waals surface area contributed by atoms with Gasteiger partial charge in [0.25, 0.3) is 0 Å². The van der Waals surface area contributed by atoms with Gasteiger partial charge in [0.05, 0.1) is 0 Å². The number of unbranched alkanes of at least 4 members (excludes halogenated alkanes) is 1. The van der Waals surface area contributed by atoms with Crippen LogP contribution in [0.5, 0.6) is 0 Å². The number of nitrogens with one attached hydrogen (secondary N) is 1. The third kappa shape index (κ3) is 5.92. The van der Waals surface area contributed by atoms with Gasteiger partial charge in [-0.05, 0) is 6.42 Å². The number of hydrogen-bond acceptors (Lipinski definition) is 3. The molecule has 2 atom stereocenters. The Morgan fingerprint density at radius 1 is 1.44 bits per heavy atom. The van der Waals surface area contributed by atoms with Crippen LogP contribution in [0, 0.1) is 0 Å². The topological polar surface area (TPSA) is 69.6 Å². The molecule has 0 radical (unpaired) electrons. The van der Waals surface area contributed by atoms with E-state index in [1.807, 2.05) is 6.92 Å². The maximum atomic E-state index is 11.9. The summed E-state index contributed by atoms with van der Waals surface area (Å²) in [6.45, 7) is 1.05. The fraction of sp³-hybridized carbons (Fsp3) is 0.889. The van der Waals surface area contributed by atoms with E-state index >= 15 is 0 Å². The molecule has 96 valence electrons. The minimum atomic E-state index is -4.72. The highest BCUT2D eigenvalue weighted by Gasteiger charge is 2.38. The molecule has 4 nitrogen and oxygen atoms in total. The Hall–Kier alpha value is -0.820. The third-order valence-electron chi connectivity index (χ3n) is 2.08. The molecule has 0 aromatic carbocycles. The van der Waals surface area contributed by atoms with Gasteiger partial charge in [0.1, 0.15) is 6.04 Å². The lowest BCUT2D eigenvalue weighted by molar-refractivity contribution is -0.202. The summed E-state index contributed by atoms with van der Waals surface area (Å²) in [6.07, 6.45) is -5.65. The Morgan fingerprint density at radius 2 is 2.00 bits per heavy atom. The lowest BCUT2D eigenvalue weighted by atomic mass is 10.1. The largest absolute Gasteiger partial charge is 0.480 e. The summed E-state index contributed by atoms with van der Waals surface area (Å²) in [6, 6.07) is -1.04. The molecule has 0 saturated heterocycles. The summed E-state index contributed by atoms with van der Waals surface area (Å²) in [5.41, 5.74) is 0. The van der Waals surface area contributed by atoms with Crippen molar-refractivity contribution in [3.8, 4) is 0 Å². The van der Waals surface area contributed by atoms with Gasteiger partial charge in [0.2, 0.25) is 0 Å². The number of alkyl halides is 3. The van der Waals surface area contributed by atoms with Crippen LogP contribution in [0.25, 0.3) is 0 Å². The molecule has 0 heterocycles. The highest BCUT2D eigenvalue weighted by molar-refractivity contribution is 5.73. The molecule has 0 fully saturated rings. The maximum absolute atomic E-state index is 11.9. The Morgan fingerprint density at radius 3 is 2.38 bits per heavy atom. The fourth-order valence-electron chi connectivity index (χ4n) is 1.09. The average molecular weight is 243 g/mol. The summed E-state index contributed by atoms with van der Waals surface area (Å²) >= 11 is 0. The van der Waals surface area contributed by atoms with E-state index in [1.165, 1.54) is 0 Å². The molecule has 0 aliphatic heterocycles. The molecule has 16 heavy (non-hydrogen) atoms.